The van der Waals surface area contributed by atoms with Crippen molar-refractivity contribution in [1.82, 2.24) is 9.80 Å². The molecule has 3 aromatic carbocycles. The van der Waals surface area contributed by atoms with Crippen molar-refractivity contribution >= 4 is 40.7 Å². The molecule has 1 amide bonds. The van der Waals surface area contributed by atoms with E-state index < -0.39 is 17.7 Å². The van der Waals surface area contributed by atoms with Gasteiger partial charge in [0.1, 0.15) is 18.1 Å². The Morgan fingerprint density at radius 1 is 1.00 bits per heavy atom. The van der Waals surface area contributed by atoms with E-state index in [2.05, 4.69) is 0 Å². The Labute approximate surface area is 233 Å². The molecular formula is C30H30Cl2N2O4. The first-order chi connectivity index (χ1) is 18.2. The third-order valence-corrected chi connectivity index (χ3v) is 7.33. The summed E-state index contributed by atoms with van der Waals surface area (Å²) in [5.74, 6) is -1.02. The third-order valence-electron chi connectivity index (χ3n) is 6.59. The van der Waals surface area contributed by atoms with Crippen LogP contribution in [0.1, 0.15) is 34.7 Å². The van der Waals surface area contributed by atoms with Crippen LogP contribution in [0.5, 0.6) is 5.75 Å². The molecule has 1 aliphatic heterocycles. The van der Waals surface area contributed by atoms with E-state index in [0.29, 0.717) is 46.5 Å². The number of aryl methyl sites for hydroxylation is 1. The average Bonchev–Trinajstić information content (AvgIpc) is 3.14. The SMILES string of the molecule is Cc1ccccc1COc1ccc(/C(O)=C2\C(=O)C(=O)N(CCCN(C)C)C2c2ccc(Cl)c(Cl)c2)cc1. The highest BCUT2D eigenvalue weighted by Gasteiger charge is 2.45. The molecule has 0 spiro atoms. The molecule has 1 N–H and O–H groups in total. The summed E-state index contributed by atoms with van der Waals surface area (Å²) in [6, 6.07) is 19.0. The lowest BCUT2D eigenvalue weighted by atomic mass is 9.95. The molecule has 1 unspecified atom stereocenters. The van der Waals surface area contributed by atoms with Gasteiger partial charge in [-0.25, -0.2) is 0 Å². The molecule has 0 aliphatic carbocycles. The number of likely N-dealkylation sites (tertiary alicyclic amines) is 1. The second-order valence-corrected chi connectivity index (χ2v) is 10.4. The number of benzene rings is 3. The van der Waals surface area contributed by atoms with Crippen LogP contribution in [-0.4, -0.2) is 53.8 Å². The van der Waals surface area contributed by atoms with Crippen molar-refractivity contribution in [2.45, 2.75) is 26.0 Å². The lowest BCUT2D eigenvalue weighted by Crippen LogP contribution is -2.32. The topological polar surface area (TPSA) is 70.1 Å². The molecule has 6 nitrogen and oxygen atoms in total. The van der Waals surface area contributed by atoms with Crippen molar-refractivity contribution in [2.24, 2.45) is 0 Å². The molecule has 1 saturated heterocycles. The summed E-state index contributed by atoms with van der Waals surface area (Å²) < 4.78 is 5.91. The van der Waals surface area contributed by atoms with E-state index in [4.69, 9.17) is 27.9 Å². The van der Waals surface area contributed by atoms with Gasteiger partial charge in [-0.15, -0.1) is 0 Å². The molecule has 1 aliphatic rings. The van der Waals surface area contributed by atoms with Crippen LogP contribution in [0.15, 0.2) is 72.3 Å². The molecule has 4 rings (SSSR count). The lowest BCUT2D eigenvalue weighted by molar-refractivity contribution is -0.139. The van der Waals surface area contributed by atoms with Crippen molar-refractivity contribution in [3.8, 4) is 5.75 Å². The van der Waals surface area contributed by atoms with Crippen LogP contribution in [0, 0.1) is 6.92 Å². The Kier molecular flexibility index (Phi) is 8.77. The largest absolute Gasteiger partial charge is 0.507 e. The molecule has 1 heterocycles. The van der Waals surface area contributed by atoms with Crippen LogP contribution in [0.4, 0.5) is 0 Å². The van der Waals surface area contributed by atoms with Crippen LogP contribution in [-0.2, 0) is 16.2 Å². The maximum Gasteiger partial charge on any atom is 0.295 e. The zero-order valence-corrected chi connectivity index (χ0v) is 23.1. The number of amides is 1. The number of aliphatic hydroxyl groups excluding tert-OH is 1. The van der Waals surface area contributed by atoms with Crippen molar-refractivity contribution in [3.05, 3.63) is 105 Å². The molecule has 0 aromatic heterocycles. The van der Waals surface area contributed by atoms with E-state index in [-0.39, 0.29) is 11.3 Å². The van der Waals surface area contributed by atoms with Crippen LogP contribution in [0.25, 0.3) is 5.76 Å². The summed E-state index contributed by atoms with van der Waals surface area (Å²) >= 11 is 12.4. The second-order valence-electron chi connectivity index (χ2n) is 9.56. The summed E-state index contributed by atoms with van der Waals surface area (Å²) in [5, 5.41) is 12.0. The molecule has 38 heavy (non-hydrogen) atoms. The van der Waals surface area contributed by atoms with E-state index in [9.17, 15) is 14.7 Å². The maximum absolute atomic E-state index is 13.2. The van der Waals surface area contributed by atoms with Gasteiger partial charge in [-0.3, -0.25) is 9.59 Å². The first-order valence-corrected chi connectivity index (χ1v) is 13.1. The van der Waals surface area contributed by atoms with Crippen molar-refractivity contribution in [2.75, 3.05) is 27.2 Å². The standard InChI is InChI=1S/C30H30Cl2N2O4/c1-19-7-4-5-8-22(19)18-38-23-12-9-20(10-13-23)28(35)26-27(21-11-14-24(31)25(32)17-21)34(30(37)29(26)36)16-6-15-33(2)3/h4-5,7-14,17,27,35H,6,15-16,18H2,1-3H3/b28-26+. The fourth-order valence-electron chi connectivity index (χ4n) is 4.49. The minimum Gasteiger partial charge on any atom is -0.507 e. The van der Waals surface area contributed by atoms with Gasteiger partial charge in [-0.1, -0.05) is 53.5 Å². The van der Waals surface area contributed by atoms with Gasteiger partial charge >= 0.3 is 0 Å². The Balaban J connectivity index is 1.65. The monoisotopic (exact) mass is 552 g/mol. The zero-order chi connectivity index (χ0) is 27.4. The first-order valence-electron chi connectivity index (χ1n) is 12.3. The van der Waals surface area contributed by atoms with Gasteiger partial charge in [-0.2, -0.15) is 0 Å². The number of nitrogens with zero attached hydrogens (tertiary/aromatic N) is 2. The normalized spacial score (nSPS) is 16.9. The minimum absolute atomic E-state index is 0.0202. The number of carbonyl (C=O) groups excluding carboxylic acids is 2. The van der Waals surface area contributed by atoms with Crippen LogP contribution in [0.3, 0.4) is 0 Å². The van der Waals surface area contributed by atoms with Crippen molar-refractivity contribution in [1.29, 1.82) is 0 Å². The molecular weight excluding hydrogens is 523 g/mol. The predicted octanol–water partition coefficient (Wildman–Crippen LogP) is 6.25. The number of halogens is 2. The quantitative estimate of drug-likeness (QED) is 0.193. The number of ketones is 1. The van der Waals surface area contributed by atoms with E-state index in [0.717, 1.165) is 17.7 Å². The number of rotatable bonds is 9. The Hall–Kier alpha value is -3.32. The van der Waals surface area contributed by atoms with Crippen molar-refractivity contribution in [3.63, 3.8) is 0 Å². The number of hydrogen-bond donors (Lipinski definition) is 1. The summed E-state index contributed by atoms with van der Waals surface area (Å²) in [7, 11) is 3.89. The number of ether oxygens (including phenoxy) is 1. The minimum atomic E-state index is -0.788. The zero-order valence-electron chi connectivity index (χ0n) is 21.6. The molecule has 1 atom stereocenters. The van der Waals surface area contributed by atoms with E-state index >= 15 is 0 Å². The molecule has 1 fully saturated rings. The van der Waals surface area contributed by atoms with Crippen LogP contribution >= 0.6 is 23.2 Å². The summed E-state index contributed by atoms with van der Waals surface area (Å²) in [6.07, 6.45) is 0.658. The molecule has 8 heteroatoms. The smallest absolute Gasteiger partial charge is 0.295 e. The molecule has 0 bridgehead atoms. The molecule has 3 aromatic rings. The van der Waals surface area contributed by atoms with Gasteiger partial charge < -0.3 is 19.6 Å². The van der Waals surface area contributed by atoms with Gasteiger partial charge in [0.2, 0.25) is 0 Å². The highest BCUT2D eigenvalue weighted by molar-refractivity contribution is 6.46. The van der Waals surface area contributed by atoms with Crippen molar-refractivity contribution < 1.29 is 19.4 Å². The van der Waals surface area contributed by atoms with E-state index in [1.807, 2.05) is 50.2 Å². The maximum atomic E-state index is 13.2. The third kappa shape index (κ3) is 6.04. The Morgan fingerprint density at radius 2 is 1.71 bits per heavy atom. The fourth-order valence-corrected chi connectivity index (χ4v) is 4.80. The molecule has 198 valence electrons. The van der Waals surface area contributed by atoms with E-state index in [1.165, 1.54) is 4.90 Å². The van der Waals surface area contributed by atoms with E-state index in [1.54, 1.807) is 42.5 Å². The first kappa shape index (κ1) is 27.7. The fraction of sp³-hybridized carbons (Fsp3) is 0.267. The van der Waals surface area contributed by atoms with Gasteiger partial charge in [0.25, 0.3) is 11.7 Å². The number of Topliss-reactive ketones (excluding diaryl/α,β-unsaturated/α-hetero) is 1. The lowest BCUT2D eigenvalue weighted by Gasteiger charge is -2.26. The number of aliphatic hydroxyl groups is 1. The molecule has 0 radical (unpaired) electrons. The van der Waals surface area contributed by atoms with Crippen LogP contribution in [0.2, 0.25) is 10.0 Å². The molecule has 0 saturated carbocycles. The summed E-state index contributed by atoms with van der Waals surface area (Å²) in [6.45, 7) is 3.52. The van der Waals surface area contributed by atoms with Gasteiger partial charge in [-0.05, 0) is 87.1 Å². The average molecular weight is 553 g/mol. The highest BCUT2D eigenvalue weighted by atomic mass is 35.5. The second kappa shape index (κ2) is 12.0. The van der Waals surface area contributed by atoms with Crippen LogP contribution < -0.4 is 4.74 Å². The summed E-state index contributed by atoms with van der Waals surface area (Å²) in [4.78, 5) is 29.8. The van der Waals surface area contributed by atoms with Gasteiger partial charge in [0.05, 0.1) is 21.7 Å². The number of carbonyl (C=O) groups is 2. The highest BCUT2D eigenvalue weighted by Crippen LogP contribution is 2.41. The Morgan fingerprint density at radius 3 is 2.37 bits per heavy atom. The number of hydrogen-bond acceptors (Lipinski definition) is 5. The van der Waals surface area contributed by atoms with Gasteiger partial charge in [0, 0.05) is 12.1 Å². The van der Waals surface area contributed by atoms with Gasteiger partial charge in [0.15, 0.2) is 0 Å². The predicted molar refractivity (Wildman–Crippen MR) is 151 cm³/mol. The summed E-state index contributed by atoms with van der Waals surface area (Å²) in [5.41, 5.74) is 3.24. The Bertz CT molecular complexity index is 1370.